The molecule has 0 bridgehead atoms. The predicted molar refractivity (Wildman–Crippen MR) is 76.1 cm³/mol. The summed E-state index contributed by atoms with van der Waals surface area (Å²) in [4.78, 5) is 4.61. The minimum Gasteiger partial charge on any atom is -0.339 e. The van der Waals surface area contributed by atoms with Crippen LogP contribution in [0.15, 0.2) is 4.52 Å². The average Bonchev–Trinajstić information content (AvgIpc) is 3.02. The highest BCUT2D eigenvalue weighted by molar-refractivity contribution is 8.06. The Balaban J connectivity index is 1.64. The summed E-state index contributed by atoms with van der Waals surface area (Å²) < 4.78 is 5.42. The first-order valence-corrected chi connectivity index (χ1v) is 8.69. The van der Waals surface area contributed by atoms with Crippen molar-refractivity contribution < 1.29 is 4.52 Å². The molecule has 2 aliphatic rings. The van der Waals surface area contributed by atoms with Crippen molar-refractivity contribution in [1.82, 2.24) is 15.5 Å². The van der Waals surface area contributed by atoms with Crippen molar-refractivity contribution in [3.8, 4) is 0 Å². The molecular formula is C12H19N3OS2. The van der Waals surface area contributed by atoms with Crippen molar-refractivity contribution in [3.05, 3.63) is 11.7 Å². The summed E-state index contributed by atoms with van der Waals surface area (Å²) in [6, 6.07) is 0. The molecule has 6 heteroatoms. The van der Waals surface area contributed by atoms with E-state index in [1.165, 1.54) is 17.9 Å². The Hall–Kier alpha value is -0.200. The first-order valence-electron chi connectivity index (χ1n) is 6.59. The maximum Gasteiger partial charge on any atom is 0.227 e. The fourth-order valence-corrected chi connectivity index (χ4v) is 5.20. The van der Waals surface area contributed by atoms with Crippen LogP contribution in [0.2, 0.25) is 0 Å². The lowest BCUT2D eigenvalue weighted by Gasteiger charge is -2.24. The highest BCUT2D eigenvalue weighted by atomic mass is 32.2. The van der Waals surface area contributed by atoms with E-state index in [2.05, 4.69) is 22.4 Å². The highest BCUT2D eigenvalue weighted by Gasteiger charge is 2.29. The number of hydrogen-bond donors (Lipinski definition) is 1. The van der Waals surface area contributed by atoms with Crippen molar-refractivity contribution in [3.63, 3.8) is 0 Å². The van der Waals surface area contributed by atoms with Gasteiger partial charge in [0.15, 0.2) is 5.82 Å². The lowest BCUT2D eigenvalue weighted by Crippen LogP contribution is -2.17. The molecule has 0 saturated carbocycles. The van der Waals surface area contributed by atoms with Gasteiger partial charge in [0.2, 0.25) is 5.89 Å². The molecule has 0 spiro atoms. The molecule has 3 unspecified atom stereocenters. The molecule has 2 aliphatic heterocycles. The van der Waals surface area contributed by atoms with Gasteiger partial charge in [-0.05, 0) is 25.4 Å². The Morgan fingerprint density at radius 3 is 3.06 bits per heavy atom. The summed E-state index contributed by atoms with van der Waals surface area (Å²) in [5.41, 5.74) is 0. The highest BCUT2D eigenvalue weighted by Crippen LogP contribution is 2.41. The minimum absolute atomic E-state index is 0.406. The molecule has 3 rings (SSSR count). The summed E-state index contributed by atoms with van der Waals surface area (Å²) >= 11 is 3.97. The van der Waals surface area contributed by atoms with Crippen LogP contribution in [0.1, 0.15) is 30.3 Å². The van der Waals surface area contributed by atoms with Crippen LogP contribution >= 0.6 is 23.5 Å². The second-order valence-electron chi connectivity index (χ2n) is 4.98. The van der Waals surface area contributed by atoms with E-state index in [-0.39, 0.29) is 0 Å². The van der Waals surface area contributed by atoms with Crippen molar-refractivity contribution in [2.45, 2.75) is 30.3 Å². The van der Waals surface area contributed by atoms with Gasteiger partial charge < -0.3 is 9.84 Å². The quantitative estimate of drug-likeness (QED) is 0.918. The van der Waals surface area contributed by atoms with Gasteiger partial charge in [-0.2, -0.15) is 16.7 Å². The molecule has 0 radical (unpaired) electrons. The number of nitrogens with zero attached hydrogens (tertiary/aromatic N) is 2. The topological polar surface area (TPSA) is 51.0 Å². The maximum atomic E-state index is 5.42. The van der Waals surface area contributed by atoms with Crippen LogP contribution in [0.3, 0.4) is 0 Å². The van der Waals surface area contributed by atoms with Gasteiger partial charge in [0.1, 0.15) is 0 Å². The third kappa shape index (κ3) is 2.86. The van der Waals surface area contributed by atoms with Gasteiger partial charge in [-0.3, -0.25) is 0 Å². The second kappa shape index (κ2) is 5.84. The summed E-state index contributed by atoms with van der Waals surface area (Å²) in [5.74, 6) is 4.82. The van der Waals surface area contributed by atoms with Crippen molar-refractivity contribution in [2.24, 2.45) is 5.92 Å². The van der Waals surface area contributed by atoms with Crippen LogP contribution in [0.4, 0.5) is 0 Å². The van der Waals surface area contributed by atoms with Crippen LogP contribution in [-0.4, -0.2) is 40.0 Å². The number of hydrogen-bond acceptors (Lipinski definition) is 6. The van der Waals surface area contributed by atoms with E-state index in [1.54, 1.807) is 0 Å². The van der Waals surface area contributed by atoms with E-state index in [9.17, 15) is 0 Å². The molecule has 2 fully saturated rings. The zero-order valence-electron chi connectivity index (χ0n) is 10.6. The van der Waals surface area contributed by atoms with Gasteiger partial charge in [-0.1, -0.05) is 12.1 Å². The third-order valence-electron chi connectivity index (χ3n) is 3.55. The molecule has 3 atom stereocenters. The second-order valence-corrected chi connectivity index (χ2v) is 7.71. The molecule has 0 aliphatic carbocycles. The number of nitrogens with one attached hydrogen (secondary N) is 1. The van der Waals surface area contributed by atoms with Gasteiger partial charge in [-0.15, -0.1) is 11.8 Å². The Kier molecular flexibility index (Phi) is 4.16. The fourth-order valence-electron chi connectivity index (χ4n) is 2.52. The smallest absolute Gasteiger partial charge is 0.227 e. The van der Waals surface area contributed by atoms with E-state index in [1.807, 2.05) is 23.5 Å². The molecular weight excluding hydrogens is 266 g/mol. The lowest BCUT2D eigenvalue weighted by atomic mass is 10.1. The third-order valence-corrected chi connectivity index (χ3v) is 6.64. The van der Waals surface area contributed by atoms with Crippen molar-refractivity contribution in [2.75, 3.05) is 24.6 Å². The monoisotopic (exact) mass is 285 g/mol. The molecule has 1 aromatic heterocycles. The van der Waals surface area contributed by atoms with E-state index in [0.29, 0.717) is 16.4 Å². The molecule has 3 heterocycles. The maximum absolute atomic E-state index is 5.42. The van der Waals surface area contributed by atoms with E-state index in [4.69, 9.17) is 4.52 Å². The minimum atomic E-state index is 0.406. The molecule has 0 amide bonds. The zero-order chi connectivity index (χ0) is 12.4. The molecule has 18 heavy (non-hydrogen) atoms. The average molecular weight is 285 g/mol. The normalized spacial score (nSPS) is 32.8. The van der Waals surface area contributed by atoms with E-state index in [0.717, 1.165) is 31.2 Å². The Bertz CT molecular complexity index is 392. The SMILES string of the molecule is CC1SCCSC1c1noc(CC2CCNC2)n1. The summed E-state index contributed by atoms with van der Waals surface area (Å²) in [6.45, 7) is 4.47. The van der Waals surface area contributed by atoms with Crippen LogP contribution in [-0.2, 0) is 6.42 Å². The number of aromatic nitrogens is 2. The van der Waals surface area contributed by atoms with Crippen LogP contribution in [0, 0.1) is 5.92 Å². The Morgan fingerprint density at radius 1 is 1.39 bits per heavy atom. The van der Waals surface area contributed by atoms with E-state index >= 15 is 0 Å². The summed E-state index contributed by atoms with van der Waals surface area (Å²) in [5, 5.41) is 8.56. The van der Waals surface area contributed by atoms with Gasteiger partial charge in [0.25, 0.3) is 0 Å². The first-order chi connectivity index (χ1) is 8.83. The molecule has 2 saturated heterocycles. The number of thioether (sulfide) groups is 2. The van der Waals surface area contributed by atoms with E-state index < -0.39 is 0 Å². The molecule has 100 valence electrons. The van der Waals surface area contributed by atoms with Gasteiger partial charge >= 0.3 is 0 Å². The molecule has 1 N–H and O–H groups in total. The Morgan fingerprint density at radius 2 is 2.28 bits per heavy atom. The zero-order valence-corrected chi connectivity index (χ0v) is 12.2. The first kappa shape index (κ1) is 12.8. The van der Waals surface area contributed by atoms with Crippen molar-refractivity contribution in [1.29, 1.82) is 0 Å². The largest absolute Gasteiger partial charge is 0.339 e. The lowest BCUT2D eigenvalue weighted by molar-refractivity contribution is 0.353. The van der Waals surface area contributed by atoms with Crippen LogP contribution in [0.25, 0.3) is 0 Å². The van der Waals surface area contributed by atoms with Crippen LogP contribution in [0.5, 0.6) is 0 Å². The standard InChI is InChI=1S/C12H19N3OS2/c1-8-11(18-5-4-17-8)12-14-10(16-15-12)6-9-2-3-13-7-9/h8-9,11,13H,2-7H2,1H3. The predicted octanol–water partition coefficient (Wildman–Crippen LogP) is 2.13. The van der Waals surface area contributed by atoms with Gasteiger partial charge in [0, 0.05) is 23.2 Å². The fraction of sp³-hybridized carbons (Fsp3) is 0.833. The summed E-state index contributed by atoms with van der Waals surface area (Å²) in [6.07, 6.45) is 2.15. The van der Waals surface area contributed by atoms with Crippen LogP contribution < -0.4 is 5.32 Å². The Labute approximate surface area is 116 Å². The van der Waals surface area contributed by atoms with Gasteiger partial charge in [0.05, 0.1) is 5.25 Å². The molecule has 1 aromatic rings. The number of rotatable bonds is 3. The molecule has 4 nitrogen and oxygen atoms in total. The van der Waals surface area contributed by atoms with Gasteiger partial charge in [-0.25, -0.2) is 0 Å². The summed E-state index contributed by atoms with van der Waals surface area (Å²) in [7, 11) is 0. The molecule has 0 aromatic carbocycles. The van der Waals surface area contributed by atoms with Crippen molar-refractivity contribution >= 4 is 23.5 Å².